The lowest BCUT2D eigenvalue weighted by Gasteiger charge is -2.34. The number of rotatable bonds is 10. The average molecular weight is 466 g/mol. The van der Waals surface area contributed by atoms with E-state index < -0.39 is 0 Å². The summed E-state index contributed by atoms with van der Waals surface area (Å²) in [6.45, 7) is 8.20. The Bertz CT molecular complexity index is 1010. The molecule has 7 nitrogen and oxygen atoms in total. The first-order valence-corrected chi connectivity index (χ1v) is 12.4. The summed E-state index contributed by atoms with van der Waals surface area (Å²) in [4.78, 5) is 20.5. The van der Waals surface area contributed by atoms with Crippen LogP contribution in [-0.2, 0) is 11.3 Å². The largest absolute Gasteiger partial charge is 0.418 e. The van der Waals surface area contributed by atoms with Gasteiger partial charge in [0.25, 0.3) is 5.89 Å². The molecule has 3 aromatic rings. The van der Waals surface area contributed by atoms with Crippen LogP contribution in [-0.4, -0.2) is 76.6 Å². The van der Waals surface area contributed by atoms with E-state index in [1.165, 1.54) is 5.56 Å². The van der Waals surface area contributed by atoms with Crippen molar-refractivity contribution in [2.24, 2.45) is 0 Å². The van der Waals surface area contributed by atoms with Gasteiger partial charge in [-0.3, -0.25) is 14.6 Å². The molecule has 1 aliphatic heterocycles. The summed E-state index contributed by atoms with van der Waals surface area (Å²) in [6, 6.07) is 14.3. The van der Waals surface area contributed by atoms with Gasteiger partial charge < -0.3 is 9.32 Å². The van der Waals surface area contributed by atoms with Crippen molar-refractivity contribution < 1.29 is 9.21 Å². The molecule has 1 aromatic carbocycles. The number of amides is 1. The number of thiophene rings is 1. The van der Waals surface area contributed by atoms with Crippen LogP contribution in [0, 0.1) is 0 Å². The van der Waals surface area contributed by atoms with Crippen molar-refractivity contribution in [2.45, 2.75) is 19.9 Å². The molecule has 8 heteroatoms. The van der Waals surface area contributed by atoms with Gasteiger partial charge in [0.05, 0.1) is 18.0 Å². The number of piperazine rings is 1. The molecule has 0 N–H and O–H groups in total. The zero-order valence-electron chi connectivity index (χ0n) is 19.1. The number of hydrogen-bond acceptors (Lipinski definition) is 7. The molecule has 3 heterocycles. The molecule has 4 rings (SSSR count). The highest BCUT2D eigenvalue weighted by molar-refractivity contribution is 7.13. The highest BCUT2D eigenvalue weighted by Gasteiger charge is 2.22. The Hall–Kier alpha value is -2.81. The van der Waals surface area contributed by atoms with Crippen LogP contribution in [0.1, 0.15) is 24.8 Å². The number of benzene rings is 1. The molecule has 174 valence electrons. The highest BCUT2D eigenvalue weighted by Crippen LogP contribution is 2.23. The SMILES string of the molecule is CCCN(Cc1nnc(-c2cccs2)o1)C(=O)CN1CCN(CC=Cc2ccccc2)CC1. The molecule has 0 aliphatic carbocycles. The van der Waals surface area contributed by atoms with Crippen LogP contribution in [0.2, 0.25) is 0 Å². The second kappa shape index (κ2) is 11.9. The lowest BCUT2D eigenvalue weighted by atomic mass is 10.2. The number of nitrogens with zero attached hydrogens (tertiary/aromatic N) is 5. The molecule has 0 spiro atoms. The first-order valence-electron chi connectivity index (χ1n) is 11.5. The van der Waals surface area contributed by atoms with E-state index in [1.54, 1.807) is 11.3 Å². The van der Waals surface area contributed by atoms with Crippen molar-refractivity contribution in [3.8, 4) is 10.8 Å². The van der Waals surface area contributed by atoms with Gasteiger partial charge in [-0.25, -0.2) is 0 Å². The summed E-state index contributed by atoms with van der Waals surface area (Å²) >= 11 is 1.56. The first-order chi connectivity index (χ1) is 16.2. The van der Waals surface area contributed by atoms with Crippen molar-refractivity contribution in [1.82, 2.24) is 24.9 Å². The molecule has 2 aromatic heterocycles. The van der Waals surface area contributed by atoms with E-state index in [9.17, 15) is 4.79 Å². The first kappa shape index (κ1) is 23.4. The van der Waals surface area contributed by atoms with Gasteiger partial charge in [0.1, 0.15) is 0 Å². The Morgan fingerprint density at radius 3 is 2.61 bits per heavy atom. The van der Waals surface area contributed by atoms with Gasteiger partial charge in [0.15, 0.2) is 0 Å². The molecular weight excluding hydrogens is 434 g/mol. The van der Waals surface area contributed by atoms with Crippen LogP contribution in [0.3, 0.4) is 0 Å². The maximum absolute atomic E-state index is 13.0. The molecule has 0 atom stereocenters. The van der Waals surface area contributed by atoms with Crippen LogP contribution < -0.4 is 0 Å². The van der Waals surface area contributed by atoms with Gasteiger partial charge in [0.2, 0.25) is 11.8 Å². The van der Waals surface area contributed by atoms with Crippen LogP contribution in [0.4, 0.5) is 0 Å². The van der Waals surface area contributed by atoms with Gasteiger partial charge >= 0.3 is 0 Å². The van der Waals surface area contributed by atoms with Crippen molar-refractivity contribution in [1.29, 1.82) is 0 Å². The summed E-state index contributed by atoms with van der Waals surface area (Å²) in [5, 5.41) is 10.3. The summed E-state index contributed by atoms with van der Waals surface area (Å²) in [5.41, 5.74) is 1.22. The van der Waals surface area contributed by atoms with Gasteiger partial charge in [-0.15, -0.1) is 21.5 Å². The Kier molecular flexibility index (Phi) is 8.41. The zero-order chi connectivity index (χ0) is 22.9. The number of hydrogen-bond donors (Lipinski definition) is 0. The van der Waals surface area contributed by atoms with Crippen LogP contribution in [0.5, 0.6) is 0 Å². The maximum atomic E-state index is 13.0. The number of carbonyl (C=O) groups is 1. The van der Waals surface area contributed by atoms with E-state index in [4.69, 9.17) is 4.42 Å². The molecule has 0 unspecified atom stereocenters. The van der Waals surface area contributed by atoms with Crippen molar-refractivity contribution in [2.75, 3.05) is 45.8 Å². The fourth-order valence-corrected chi connectivity index (χ4v) is 4.51. The third-order valence-electron chi connectivity index (χ3n) is 5.67. The third-order valence-corrected chi connectivity index (χ3v) is 6.53. The van der Waals surface area contributed by atoms with E-state index in [2.05, 4.69) is 63.3 Å². The number of carbonyl (C=O) groups excluding carboxylic acids is 1. The lowest BCUT2D eigenvalue weighted by molar-refractivity contribution is -0.133. The monoisotopic (exact) mass is 465 g/mol. The lowest BCUT2D eigenvalue weighted by Crippen LogP contribution is -2.50. The van der Waals surface area contributed by atoms with Crippen molar-refractivity contribution >= 4 is 23.3 Å². The minimum absolute atomic E-state index is 0.116. The van der Waals surface area contributed by atoms with Gasteiger partial charge in [-0.2, -0.15) is 0 Å². The van der Waals surface area contributed by atoms with Crippen LogP contribution in [0.15, 0.2) is 58.3 Å². The van der Waals surface area contributed by atoms with E-state index in [0.717, 1.165) is 44.0 Å². The van der Waals surface area contributed by atoms with E-state index in [-0.39, 0.29) is 5.91 Å². The predicted molar refractivity (Wildman–Crippen MR) is 132 cm³/mol. The highest BCUT2D eigenvalue weighted by atomic mass is 32.1. The molecule has 1 aliphatic rings. The minimum Gasteiger partial charge on any atom is -0.418 e. The Balaban J connectivity index is 1.24. The summed E-state index contributed by atoms with van der Waals surface area (Å²) in [7, 11) is 0. The quantitative estimate of drug-likeness (QED) is 0.453. The van der Waals surface area contributed by atoms with E-state index >= 15 is 0 Å². The van der Waals surface area contributed by atoms with E-state index in [1.807, 2.05) is 28.5 Å². The van der Waals surface area contributed by atoms with Gasteiger partial charge in [-0.05, 0) is 23.4 Å². The molecule has 0 bridgehead atoms. The number of aromatic nitrogens is 2. The normalized spacial score (nSPS) is 15.3. The minimum atomic E-state index is 0.116. The fourth-order valence-electron chi connectivity index (χ4n) is 3.87. The van der Waals surface area contributed by atoms with Crippen LogP contribution >= 0.6 is 11.3 Å². The van der Waals surface area contributed by atoms with Gasteiger partial charge in [0, 0.05) is 39.3 Å². The molecule has 1 fully saturated rings. The molecule has 33 heavy (non-hydrogen) atoms. The fraction of sp³-hybridized carbons (Fsp3) is 0.400. The molecule has 1 saturated heterocycles. The van der Waals surface area contributed by atoms with E-state index in [0.29, 0.717) is 31.4 Å². The summed E-state index contributed by atoms with van der Waals surface area (Å²) < 4.78 is 5.80. The Morgan fingerprint density at radius 2 is 1.88 bits per heavy atom. The Morgan fingerprint density at radius 1 is 1.09 bits per heavy atom. The second-order valence-electron chi connectivity index (χ2n) is 8.18. The van der Waals surface area contributed by atoms with Crippen molar-refractivity contribution in [3.63, 3.8) is 0 Å². The molecule has 1 amide bonds. The molecule has 0 saturated carbocycles. The van der Waals surface area contributed by atoms with Gasteiger partial charge in [-0.1, -0.05) is 55.5 Å². The predicted octanol–water partition coefficient (Wildman–Crippen LogP) is 3.87. The maximum Gasteiger partial charge on any atom is 0.257 e. The summed E-state index contributed by atoms with van der Waals surface area (Å²) in [5.74, 6) is 1.11. The molecular formula is C25H31N5O2S. The smallest absolute Gasteiger partial charge is 0.257 e. The topological polar surface area (TPSA) is 65.7 Å². The second-order valence-corrected chi connectivity index (χ2v) is 9.13. The standard InChI is InChI=1S/C25H31N5O2S/c1-2-12-30(19-23-26-27-25(32-23)22-11-7-18-33-22)24(31)20-29-16-14-28(15-17-29)13-6-10-21-8-4-3-5-9-21/h3-11,18H,2,12-17,19-20H2,1H3. The summed E-state index contributed by atoms with van der Waals surface area (Å²) in [6.07, 6.45) is 5.27. The third kappa shape index (κ3) is 6.83. The average Bonchev–Trinajstić information content (AvgIpc) is 3.53. The van der Waals surface area contributed by atoms with Crippen molar-refractivity contribution in [3.05, 3.63) is 65.4 Å². The van der Waals surface area contributed by atoms with Crippen LogP contribution in [0.25, 0.3) is 16.8 Å². The molecule has 0 radical (unpaired) electrons. The zero-order valence-corrected chi connectivity index (χ0v) is 19.9. The Labute approximate surface area is 199 Å².